The number of piperidine rings is 1. The number of carbonyl (C=O) groups excluding carboxylic acids is 1. The lowest BCUT2D eigenvalue weighted by Gasteiger charge is -2.31. The van der Waals surface area contributed by atoms with Crippen LogP contribution in [0.15, 0.2) is 42.6 Å². The predicted octanol–water partition coefficient (Wildman–Crippen LogP) is 3.58. The van der Waals surface area contributed by atoms with Crippen molar-refractivity contribution in [2.45, 2.75) is 19.8 Å². The van der Waals surface area contributed by atoms with Gasteiger partial charge in [0.25, 0.3) is 5.91 Å². The van der Waals surface area contributed by atoms with Crippen molar-refractivity contribution in [1.29, 1.82) is 0 Å². The maximum absolute atomic E-state index is 12.2. The van der Waals surface area contributed by atoms with E-state index in [9.17, 15) is 4.79 Å². The fraction of sp³-hybridized carbons (Fsp3) is 0.368. The molecule has 1 aromatic heterocycles. The molecule has 0 spiro atoms. The average molecular weight is 325 g/mol. The second kappa shape index (κ2) is 7.34. The Balaban J connectivity index is 1.62. The number of nitrogens with zero attached hydrogens (tertiary/aromatic N) is 2. The largest absolute Gasteiger partial charge is 0.497 e. The summed E-state index contributed by atoms with van der Waals surface area (Å²) in [4.78, 5) is 19.0. The van der Waals surface area contributed by atoms with Crippen molar-refractivity contribution in [3.63, 3.8) is 0 Å². The van der Waals surface area contributed by atoms with Gasteiger partial charge in [0.2, 0.25) is 0 Å². The van der Waals surface area contributed by atoms with Gasteiger partial charge in [-0.25, -0.2) is 4.98 Å². The maximum atomic E-state index is 12.2. The second-order valence-corrected chi connectivity index (χ2v) is 6.25. The lowest BCUT2D eigenvalue weighted by atomic mass is 9.99. The summed E-state index contributed by atoms with van der Waals surface area (Å²) in [5, 5.41) is 2.82. The molecule has 0 radical (unpaired) electrons. The number of hydrogen-bond donors (Lipinski definition) is 1. The third kappa shape index (κ3) is 3.85. The Labute approximate surface area is 142 Å². The van der Waals surface area contributed by atoms with E-state index in [1.54, 1.807) is 31.4 Å². The van der Waals surface area contributed by atoms with Crippen LogP contribution in [-0.4, -0.2) is 31.1 Å². The molecule has 1 aromatic carbocycles. The number of hydrogen-bond acceptors (Lipinski definition) is 4. The number of carbonyl (C=O) groups is 1. The minimum absolute atomic E-state index is 0.176. The molecule has 1 saturated heterocycles. The first-order valence-corrected chi connectivity index (χ1v) is 8.32. The van der Waals surface area contributed by atoms with E-state index in [0.29, 0.717) is 11.4 Å². The number of anilines is 2. The van der Waals surface area contributed by atoms with Crippen LogP contribution in [0.4, 0.5) is 11.5 Å². The van der Waals surface area contributed by atoms with Gasteiger partial charge in [0.15, 0.2) is 0 Å². The van der Waals surface area contributed by atoms with Crippen LogP contribution in [0.2, 0.25) is 0 Å². The topological polar surface area (TPSA) is 54.5 Å². The van der Waals surface area contributed by atoms with Crippen LogP contribution < -0.4 is 15.0 Å². The minimum atomic E-state index is -0.176. The Hall–Kier alpha value is -2.56. The highest BCUT2D eigenvalue weighted by molar-refractivity contribution is 6.03. The maximum Gasteiger partial charge on any atom is 0.256 e. The molecule has 1 aliphatic heterocycles. The Morgan fingerprint density at radius 3 is 2.46 bits per heavy atom. The van der Waals surface area contributed by atoms with Crippen molar-refractivity contribution in [2.24, 2.45) is 5.92 Å². The highest BCUT2D eigenvalue weighted by Gasteiger charge is 2.16. The number of nitrogens with one attached hydrogen (secondary N) is 1. The molecule has 24 heavy (non-hydrogen) atoms. The molecule has 126 valence electrons. The van der Waals surface area contributed by atoms with Crippen molar-refractivity contribution in [3.8, 4) is 5.75 Å². The number of methoxy groups -OCH3 is 1. The van der Waals surface area contributed by atoms with E-state index in [-0.39, 0.29) is 5.91 Å². The summed E-state index contributed by atoms with van der Waals surface area (Å²) in [6.07, 6.45) is 4.27. The van der Waals surface area contributed by atoms with E-state index in [1.165, 1.54) is 12.8 Å². The number of benzene rings is 1. The summed E-state index contributed by atoms with van der Waals surface area (Å²) >= 11 is 0. The first-order valence-electron chi connectivity index (χ1n) is 8.32. The molecule has 5 nitrogen and oxygen atoms in total. The number of aromatic nitrogens is 1. The highest BCUT2D eigenvalue weighted by Crippen LogP contribution is 2.23. The zero-order valence-corrected chi connectivity index (χ0v) is 14.2. The van der Waals surface area contributed by atoms with Crippen molar-refractivity contribution < 1.29 is 9.53 Å². The number of pyridine rings is 1. The molecule has 2 aromatic rings. The molecule has 5 heteroatoms. The summed E-state index contributed by atoms with van der Waals surface area (Å²) in [6.45, 7) is 4.44. The van der Waals surface area contributed by atoms with Gasteiger partial charge in [-0.3, -0.25) is 4.79 Å². The molecule has 0 atom stereocenters. The van der Waals surface area contributed by atoms with Crippen LogP contribution >= 0.6 is 0 Å². The van der Waals surface area contributed by atoms with Crippen molar-refractivity contribution in [3.05, 3.63) is 48.2 Å². The van der Waals surface area contributed by atoms with Gasteiger partial charge in [-0.05, 0) is 55.2 Å². The molecule has 1 amide bonds. The number of ether oxygens (including phenoxy) is 1. The highest BCUT2D eigenvalue weighted by atomic mass is 16.5. The van der Waals surface area contributed by atoms with E-state index in [0.717, 1.165) is 30.4 Å². The molecule has 1 N–H and O–H groups in total. The fourth-order valence-corrected chi connectivity index (χ4v) is 2.84. The van der Waals surface area contributed by atoms with E-state index in [4.69, 9.17) is 4.74 Å². The standard InChI is InChI=1S/C19H23N3O2/c1-14-9-11-22(12-10-14)16-5-8-18(20-13-16)21-19(23)15-3-6-17(24-2)7-4-15/h3-8,13-14H,9-12H2,1-2H3,(H,20,21,23). The fourth-order valence-electron chi connectivity index (χ4n) is 2.84. The minimum Gasteiger partial charge on any atom is -0.497 e. The Morgan fingerprint density at radius 1 is 1.17 bits per heavy atom. The first kappa shape index (κ1) is 16.3. The molecule has 0 bridgehead atoms. The van der Waals surface area contributed by atoms with Gasteiger partial charge in [0.1, 0.15) is 11.6 Å². The van der Waals surface area contributed by atoms with Crippen LogP contribution in [0.5, 0.6) is 5.75 Å². The molecule has 1 aliphatic rings. The van der Waals surface area contributed by atoms with E-state index in [1.807, 2.05) is 18.3 Å². The van der Waals surface area contributed by atoms with Gasteiger partial charge in [-0.1, -0.05) is 6.92 Å². The molecular formula is C19H23N3O2. The molecular weight excluding hydrogens is 302 g/mol. The molecule has 0 unspecified atom stereocenters. The first-order chi connectivity index (χ1) is 11.7. The van der Waals surface area contributed by atoms with Gasteiger partial charge < -0.3 is 15.0 Å². The predicted molar refractivity (Wildman–Crippen MR) is 95.8 cm³/mol. The van der Waals surface area contributed by atoms with Gasteiger partial charge in [0.05, 0.1) is 19.0 Å². The average Bonchev–Trinajstić information content (AvgIpc) is 2.63. The van der Waals surface area contributed by atoms with E-state index >= 15 is 0 Å². The summed E-state index contributed by atoms with van der Waals surface area (Å²) in [7, 11) is 1.60. The summed E-state index contributed by atoms with van der Waals surface area (Å²) < 4.78 is 5.10. The van der Waals surface area contributed by atoms with Crippen LogP contribution in [0.25, 0.3) is 0 Å². The smallest absolute Gasteiger partial charge is 0.256 e. The normalized spacial score (nSPS) is 15.2. The van der Waals surface area contributed by atoms with Gasteiger partial charge in [0, 0.05) is 18.7 Å². The monoisotopic (exact) mass is 325 g/mol. The zero-order chi connectivity index (χ0) is 16.9. The quantitative estimate of drug-likeness (QED) is 0.933. The van der Waals surface area contributed by atoms with Crippen molar-refractivity contribution >= 4 is 17.4 Å². The lowest BCUT2D eigenvalue weighted by Crippen LogP contribution is -2.32. The molecule has 0 aliphatic carbocycles. The van der Waals surface area contributed by atoms with Crippen molar-refractivity contribution in [2.75, 3.05) is 30.4 Å². The van der Waals surface area contributed by atoms with Crippen LogP contribution in [-0.2, 0) is 0 Å². The van der Waals surface area contributed by atoms with Crippen LogP contribution in [0.3, 0.4) is 0 Å². The summed E-state index contributed by atoms with van der Waals surface area (Å²) in [5.41, 5.74) is 1.69. The molecule has 0 saturated carbocycles. The third-order valence-electron chi connectivity index (χ3n) is 4.49. The van der Waals surface area contributed by atoms with E-state index < -0.39 is 0 Å². The lowest BCUT2D eigenvalue weighted by molar-refractivity contribution is 0.102. The molecule has 2 heterocycles. The zero-order valence-electron chi connectivity index (χ0n) is 14.2. The Kier molecular flexibility index (Phi) is 4.99. The summed E-state index contributed by atoms with van der Waals surface area (Å²) in [6, 6.07) is 10.9. The molecule has 1 fully saturated rings. The van der Waals surface area contributed by atoms with Gasteiger partial charge in [-0.2, -0.15) is 0 Å². The Morgan fingerprint density at radius 2 is 1.88 bits per heavy atom. The van der Waals surface area contributed by atoms with Crippen molar-refractivity contribution in [1.82, 2.24) is 4.98 Å². The van der Waals surface area contributed by atoms with Gasteiger partial charge >= 0.3 is 0 Å². The SMILES string of the molecule is COc1ccc(C(=O)Nc2ccc(N3CCC(C)CC3)cn2)cc1. The molecule has 3 rings (SSSR count). The van der Waals surface area contributed by atoms with Gasteiger partial charge in [-0.15, -0.1) is 0 Å². The second-order valence-electron chi connectivity index (χ2n) is 6.25. The third-order valence-corrected chi connectivity index (χ3v) is 4.49. The van der Waals surface area contributed by atoms with E-state index in [2.05, 4.69) is 22.1 Å². The summed E-state index contributed by atoms with van der Waals surface area (Å²) in [5.74, 6) is 1.91. The van der Waals surface area contributed by atoms with Crippen LogP contribution in [0, 0.1) is 5.92 Å². The number of rotatable bonds is 4. The Bertz CT molecular complexity index is 675. The van der Waals surface area contributed by atoms with Crippen LogP contribution in [0.1, 0.15) is 30.1 Å². The number of amides is 1.